The molecule has 1 aliphatic heterocycles. The molecule has 1 amide bonds. The zero-order valence-electron chi connectivity index (χ0n) is 14.8. The highest BCUT2D eigenvalue weighted by Gasteiger charge is 2.57. The van der Waals surface area contributed by atoms with E-state index in [1.54, 1.807) is 0 Å². The maximum absolute atomic E-state index is 13.9. The summed E-state index contributed by atoms with van der Waals surface area (Å²) < 4.78 is 73.1. The fraction of sp³-hybridized carbons (Fsp3) is 0.333. The molecule has 1 aliphatic rings. The van der Waals surface area contributed by atoms with Gasteiger partial charge in [0.2, 0.25) is 11.5 Å². The third-order valence-corrected chi connectivity index (χ3v) is 4.96. The number of hydrogen-bond donors (Lipinski definition) is 3. The van der Waals surface area contributed by atoms with E-state index in [0.29, 0.717) is 0 Å². The molecule has 3 rings (SSSR count). The van der Waals surface area contributed by atoms with E-state index in [1.165, 1.54) is 12.1 Å². The molecule has 1 aromatic carbocycles. The first kappa shape index (κ1) is 20.9. The molecular formula is C18H16F5N3O3. The van der Waals surface area contributed by atoms with Crippen molar-refractivity contribution in [3.05, 3.63) is 47.4 Å². The van der Waals surface area contributed by atoms with E-state index in [9.17, 15) is 31.9 Å². The molecule has 0 saturated carbocycles. The zero-order chi connectivity index (χ0) is 21.6. The standard InChI is InChI=1S/C18H16F5N3O3/c19-6-16(15(25)27)8-29-14-11(16)5-12(17(28,7-24)18(21,22)23)26-13(14)9-1-3-10(20)4-2-9/h1-5,28H,6-8,24H2,(H2,25,27)/t16-,17-/m0/s1. The van der Waals surface area contributed by atoms with Crippen molar-refractivity contribution in [2.24, 2.45) is 11.5 Å². The molecule has 0 fully saturated rings. The molecule has 0 aliphatic carbocycles. The summed E-state index contributed by atoms with van der Waals surface area (Å²) in [5, 5.41) is 10.2. The molecule has 0 saturated heterocycles. The smallest absolute Gasteiger partial charge is 0.424 e. The Bertz CT molecular complexity index is 951. The fourth-order valence-corrected chi connectivity index (χ4v) is 3.07. The van der Waals surface area contributed by atoms with Gasteiger partial charge in [0.05, 0.1) is 5.69 Å². The number of amides is 1. The van der Waals surface area contributed by atoms with E-state index < -0.39 is 54.4 Å². The largest absolute Gasteiger partial charge is 0.489 e. The molecule has 156 valence electrons. The van der Waals surface area contributed by atoms with Crippen LogP contribution in [0.1, 0.15) is 11.3 Å². The lowest BCUT2D eigenvalue weighted by Crippen LogP contribution is -2.49. The summed E-state index contributed by atoms with van der Waals surface area (Å²) in [7, 11) is 0. The Morgan fingerprint density at radius 3 is 2.38 bits per heavy atom. The van der Waals surface area contributed by atoms with E-state index in [-0.39, 0.29) is 22.6 Å². The Morgan fingerprint density at radius 1 is 1.28 bits per heavy atom. The molecule has 0 bridgehead atoms. The van der Waals surface area contributed by atoms with Crippen LogP contribution in [0.3, 0.4) is 0 Å². The lowest BCUT2D eigenvalue weighted by molar-refractivity contribution is -0.263. The third kappa shape index (κ3) is 3.10. The topological polar surface area (TPSA) is 111 Å². The number of fused-ring (bicyclic) bond motifs is 1. The fourth-order valence-electron chi connectivity index (χ4n) is 3.07. The second-order valence-corrected chi connectivity index (χ2v) is 6.67. The molecule has 2 heterocycles. The van der Waals surface area contributed by atoms with Crippen molar-refractivity contribution in [3.8, 4) is 17.0 Å². The molecule has 6 nitrogen and oxygen atoms in total. The lowest BCUT2D eigenvalue weighted by atomic mass is 9.81. The van der Waals surface area contributed by atoms with Gasteiger partial charge in [-0.1, -0.05) is 0 Å². The Kier molecular flexibility index (Phi) is 4.99. The Labute approximate surface area is 161 Å². The van der Waals surface area contributed by atoms with E-state index >= 15 is 0 Å². The van der Waals surface area contributed by atoms with Crippen LogP contribution >= 0.6 is 0 Å². The molecule has 29 heavy (non-hydrogen) atoms. The monoisotopic (exact) mass is 417 g/mol. The summed E-state index contributed by atoms with van der Waals surface area (Å²) in [5.41, 5.74) is 3.45. The van der Waals surface area contributed by atoms with Gasteiger partial charge in [-0.25, -0.2) is 13.8 Å². The molecule has 11 heteroatoms. The van der Waals surface area contributed by atoms with Crippen LogP contribution in [-0.2, 0) is 15.8 Å². The maximum atomic E-state index is 13.9. The number of pyridine rings is 1. The SMILES string of the molecule is NC[C@](O)(c1cc2c(c(-c3ccc(F)cc3)n1)OC[C@]2(CF)C(N)=O)C(F)(F)F. The number of primary amides is 1. The minimum atomic E-state index is -5.23. The number of nitrogens with zero attached hydrogens (tertiary/aromatic N) is 1. The van der Waals surface area contributed by atoms with Gasteiger partial charge < -0.3 is 21.3 Å². The molecule has 1 aromatic heterocycles. The van der Waals surface area contributed by atoms with Gasteiger partial charge >= 0.3 is 6.18 Å². The van der Waals surface area contributed by atoms with Crippen LogP contribution in [0.2, 0.25) is 0 Å². The van der Waals surface area contributed by atoms with Crippen molar-refractivity contribution in [3.63, 3.8) is 0 Å². The average Bonchev–Trinajstić information content (AvgIpc) is 3.06. The van der Waals surface area contributed by atoms with Crippen molar-refractivity contribution in [2.45, 2.75) is 17.2 Å². The van der Waals surface area contributed by atoms with Crippen molar-refractivity contribution in [1.82, 2.24) is 4.98 Å². The zero-order valence-corrected chi connectivity index (χ0v) is 14.8. The maximum Gasteiger partial charge on any atom is 0.424 e. The van der Waals surface area contributed by atoms with Crippen LogP contribution < -0.4 is 16.2 Å². The molecule has 0 unspecified atom stereocenters. The van der Waals surface area contributed by atoms with Gasteiger partial charge in [0.25, 0.3) is 0 Å². The van der Waals surface area contributed by atoms with Gasteiger partial charge in [0, 0.05) is 17.7 Å². The second kappa shape index (κ2) is 6.92. The van der Waals surface area contributed by atoms with E-state index in [0.717, 1.165) is 18.2 Å². The molecule has 0 spiro atoms. The highest BCUT2D eigenvalue weighted by atomic mass is 19.4. The average molecular weight is 417 g/mol. The molecule has 2 aromatic rings. The quantitative estimate of drug-likeness (QED) is 0.641. The van der Waals surface area contributed by atoms with Gasteiger partial charge in [-0.15, -0.1) is 0 Å². The van der Waals surface area contributed by atoms with Crippen molar-refractivity contribution >= 4 is 5.91 Å². The van der Waals surface area contributed by atoms with Crippen LogP contribution in [-0.4, -0.2) is 42.0 Å². The Hall–Kier alpha value is -2.79. The number of halogens is 5. The number of nitrogens with two attached hydrogens (primary N) is 2. The minimum absolute atomic E-state index is 0.116. The van der Waals surface area contributed by atoms with E-state index in [1.807, 2.05) is 0 Å². The highest BCUT2D eigenvalue weighted by molar-refractivity contribution is 5.90. The number of rotatable bonds is 5. The normalized spacial score (nSPS) is 20.7. The van der Waals surface area contributed by atoms with Gasteiger partial charge in [-0.2, -0.15) is 13.2 Å². The predicted octanol–water partition coefficient (Wildman–Crippen LogP) is 1.68. The molecule has 5 N–H and O–H groups in total. The van der Waals surface area contributed by atoms with Crippen LogP contribution in [0.15, 0.2) is 30.3 Å². The van der Waals surface area contributed by atoms with E-state index in [2.05, 4.69) is 4.98 Å². The molecule has 2 atom stereocenters. The highest BCUT2D eigenvalue weighted by Crippen LogP contribution is 2.47. The van der Waals surface area contributed by atoms with Crippen LogP contribution in [0.25, 0.3) is 11.3 Å². The number of alkyl halides is 4. The number of aromatic nitrogens is 1. The van der Waals surface area contributed by atoms with E-state index in [4.69, 9.17) is 16.2 Å². The number of benzene rings is 1. The van der Waals surface area contributed by atoms with Crippen molar-refractivity contribution < 1.29 is 36.6 Å². The first-order valence-electron chi connectivity index (χ1n) is 8.30. The van der Waals surface area contributed by atoms with Crippen LogP contribution in [0.4, 0.5) is 22.0 Å². The summed E-state index contributed by atoms with van der Waals surface area (Å²) in [5.74, 6) is -1.96. The van der Waals surface area contributed by atoms with Gasteiger partial charge in [-0.3, -0.25) is 4.79 Å². The van der Waals surface area contributed by atoms with Gasteiger partial charge in [-0.05, 0) is 30.3 Å². The first-order valence-corrected chi connectivity index (χ1v) is 8.30. The van der Waals surface area contributed by atoms with Crippen LogP contribution in [0.5, 0.6) is 5.75 Å². The van der Waals surface area contributed by atoms with Crippen LogP contribution in [0, 0.1) is 5.82 Å². The molecular weight excluding hydrogens is 401 g/mol. The number of aliphatic hydroxyl groups is 1. The second-order valence-electron chi connectivity index (χ2n) is 6.67. The summed E-state index contributed by atoms with van der Waals surface area (Å²) in [4.78, 5) is 15.8. The first-order chi connectivity index (χ1) is 13.5. The number of hydrogen-bond acceptors (Lipinski definition) is 5. The number of carbonyl (C=O) groups excluding carboxylic acids is 1. The number of carbonyl (C=O) groups is 1. The molecule has 0 radical (unpaired) electrons. The van der Waals surface area contributed by atoms with Gasteiger partial charge in [0.1, 0.15) is 36.0 Å². The Balaban J connectivity index is 2.36. The summed E-state index contributed by atoms with van der Waals surface area (Å²) >= 11 is 0. The number of ether oxygens (including phenoxy) is 1. The van der Waals surface area contributed by atoms with Gasteiger partial charge in [0.15, 0.2) is 0 Å². The third-order valence-electron chi connectivity index (χ3n) is 4.96. The summed E-state index contributed by atoms with van der Waals surface area (Å²) in [6.07, 6.45) is -5.23. The van der Waals surface area contributed by atoms with Crippen molar-refractivity contribution in [1.29, 1.82) is 0 Å². The predicted molar refractivity (Wildman–Crippen MR) is 91.0 cm³/mol. The lowest BCUT2D eigenvalue weighted by Gasteiger charge is -2.30. The summed E-state index contributed by atoms with van der Waals surface area (Å²) in [6, 6.07) is 5.20. The Morgan fingerprint density at radius 2 is 1.90 bits per heavy atom. The minimum Gasteiger partial charge on any atom is -0.489 e. The summed E-state index contributed by atoms with van der Waals surface area (Å²) in [6.45, 7) is -3.21. The van der Waals surface area contributed by atoms with Crippen molar-refractivity contribution in [2.75, 3.05) is 19.8 Å².